The number of anilines is 1. The van der Waals surface area contributed by atoms with E-state index in [2.05, 4.69) is 14.9 Å². The number of piperazine rings is 1. The van der Waals surface area contributed by atoms with Gasteiger partial charge in [-0.2, -0.15) is 17.5 Å². The highest BCUT2D eigenvalue weighted by Gasteiger charge is 2.36. The lowest BCUT2D eigenvalue weighted by Gasteiger charge is -2.46. The van der Waals surface area contributed by atoms with Gasteiger partial charge < -0.3 is 9.64 Å². The molecule has 0 spiro atoms. The standard InChI is InChI=1S/C27H29ClF3N5O3S/c1-19-18-34(13-14-36(19)26-25(28)15-20(16-33-26)27(29,30)31)21-8-11-35(12-9-21)40(37,38)24-6-4-22(5-7-24)39-23-3-2-10-32-17-23/h2-7,10,15-17,19,21H,8-9,11-14,18H2,1H3. The number of sulfonamides is 1. The average Bonchev–Trinajstić information content (AvgIpc) is 2.94. The number of alkyl halides is 3. The molecule has 1 unspecified atom stereocenters. The molecule has 4 heterocycles. The summed E-state index contributed by atoms with van der Waals surface area (Å²) >= 11 is 6.18. The molecule has 2 saturated heterocycles. The molecule has 1 atom stereocenters. The van der Waals surface area contributed by atoms with Crippen molar-refractivity contribution in [3.8, 4) is 11.5 Å². The van der Waals surface area contributed by atoms with Gasteiger partial charge in [0.1, 0.15) is 17.3 Å². The fourth-order valence-corrected chi connectivity index (χ4v) is 6.99. The van der Waals surface area contributed by atoms with Crippen molar-refractivity contribution in [2.45, 2.75) is 42.9 Å². The number of piperidine rings is 1. The molecule has 5 rings (SSSR count). The molecule has 1 aromatic carbocycles. The van der Waals surface area contributed by atoms with Gasteiger partial charge in [0.2, 0.25) is 10.0 Å². The van der Waals surface area contributed by atoms with Crippen molar-refractivity contribution < 1.29 is 26.3 Å². The third-order valence-electron chi connectivity index (χ3n) is 7.35. The predicted molar refractivity (Wildman–Crippen MR) is 145 cm³/mol. The fraction of sp³-hybridized carbons (Fsp3) is 0.407. The molecule has 0 saturated carbocycles. The van der Waals surface area contributed by atoms with Gasteiger partial charge in [0, 0.05) is 57.2 Å². The van der Waals surface area contributed by atoms with E-state index in [9.17, 15) is 21.6 Å². The van der Waals surface area contributed by atoms with Crippen LogP contribution < -0.4 is 9.64 Å². The molecule has 2 aliphatic heterocycles. The first-order valence-electron chi connectivity index (χ1n) is 12.9. The van der Waals surface area contributed by atoms with Gasteiger partial charge in [-0.25, -0.2) is 13.4 Å². The van der Waals surface area contributed by atoms with Crippen LogP contribution in [0.5, 0.6) is 11.5 Å². The summed E-state index contributed by atoms with van der Waals surface area (Å²) in [5, 5.41) is -0.0229. The van der Waals surface area contributed by atoms with Crippen LogP contribution in [0.3, 0.4) is 0 Å². The second-order valence-electron chi connectivity index (χ2n) is 9.96. The molecule has 2 aromatic heterocycles. The van der Waals surface area contributed by atoms with E-state index >= 15 is 0 Å². The van der Waals surface area contributed by atoms with E-state index in [1.165, 1.54) is 4.31 Å². The zero-order valence-corrected chi connectivity index (χ0v) is 23.3. The van der Waals surface area contributed by atoms with Crippen LogP contribution >= 0.6 is 11.6 Å². The van der Waals surface area contributed by atoms with Crippen molar-refractivity contribution in [1.29, 1.82) is 0 Å². The van der Waals surface area contributed by atoms with Gasteiger partial charge in [-0.15, -0.1) is 0 Å². The highest BCUT2D eigenvalue weighted by molar-refractivity contribution is 7.89. The Bertz CT molecular complexity index is 1420. The number of halogens is 4. The minimum Gasteiger partial charge on any atom is -0.456 e. The topological polar surface area (TPSA) is 78.9 Å². The zero-order chi connectivity index (χ0) is 28.5. The minimum atomic E-state index is -4.50. The molecule has 3 aromatic rings. The molecular formula is C27H29ClF3N5O3S. The van der Waals surface area contributed by atoms with Gasteiger partial charge in [0.05, 0.1) is 21.7 Å². The van der Waals surface area contributed by atoms with Crippen molar-refractivity contribution in [1.82, 2.24) is 19.2 Å². The summed E-state index contributed by atoms with van der Waals surface area (Å²) in [7, 11) is -3.64. The fourth-order valence-electron chi connectivity index (χ4n) is 5.25. The Morgan fingerprint density at radius 1 is 1.00 bits per heavy atom. The minimum absolute atomic E-state index is 0.0229. The first-order chi connectivity index (χ1) is 19.0. The molecule has 214 valence electrons. The number of ether oxygens (including phenoxy) is 1. The summed E-state index contributed by atoms with van der Waals surface area (Å²) in [6.07, 6.45) is 0.915. The van der Waals surface area contributed by atoms with Gasteiger partial charge >= 0.3 is 6.18 Å². The Kier molecular flexibility index (Phi) is 8.23. The maximum Gasteiger partial charge on any atom is 0.417 e. The first kappa shape index (κ1) is 28.6. The largest absolute Gasteiger partial charge is 0.456 e. The van der Waals surface area contributed by atoms with E-state index in [4.69, 9.17) is 16.3 Å². The maximum atomic E-state index is 13.3. The monoisotopic (exact) mass is 595 g/mol. The van der Waals surface area contributed by atoms with Gasteiger partial charge in [0.15, 0.2) is 0 Å². The third kappa shape index (κ3) is 6.19. The summed E-state index contributed by atoms with van der Waals surface area (Å²) in [6, 6.07) is 11.0. The van der Waals surface area contributed by atoms with E-state index in [0.29, 0.717) is 62.9 Å². The number of nitrogens with zero attached hydrogens (tertiary/aromatic N) is 5. The Morgan fingerprint density at radius 3 is 2.33 bits per heavy atom. The number of rotatable bonds is 6. The molecule has 0 radical (unpaired) electrons. The summed E-state index contributed by atoms with van der Waals surface area (Å²) in [4.78, 5) is 12.5. The van der Waals surface area contributed by atoms with E-state index in [1.807, 2.05) is 11.8 Å². The van der Waals surface area contributed by atoms with Crippen LogP contribution in [0, 0.1) is 0 Å². The predicted octanol–water partition coefficient (Wildman–Crippen LogP) is 5.30. The van der Waals surface area contributed by atoms with Crippen LogP contribution in [-0.2, 0) is 16.2 Å². The highest BCUT2D eigenvalue weighted by atomic mass is 35.5. The number of hydrogen-bond acceptors (Lipinski definition) is 7. The van der Waals surface area contributed by atoms with Crippen LogP contribution in [0.25, 0.3) is 0 Å². The Morgan fingerprint density at radius 2 is 1.73 bits per heavy atom. The van der Waals surface area contributed by atoms with E-state index < -0.39 is 21.8 Å². The van der Waals surface area contributed by atoms with E-state index in [0.717, 1.165) is 12.3 Å². The first-order valence-corrected chi connectivity index (χ1v) is 14.8. The van der Waals surface area contributed by atoms with Crippen LogP contribution in [-0.4, -0.2) is 72.4 Å². The number of aromatic nitrogens is 2. The zero-order valence-electron chi connectivity index (χ0n) is 21.8. The maximum absolute atomic E-state index is 13.3. The molecule has 13 heteroatoms. The van der Waals surface area contributed by atoms with Gasteiger partial charge in [-0.1, -0.05) is 11.6 Å². The van der Waals surface area contributed by atoms with Crippen LogP contribution in [0.15, 0.2) is 66.0 Å². The lowest BCUT2D eigenvalue weighted by atomic mass is 10.0. The van der Waals surface area contributed by atoms with Gasteiger partial charge in [-0.05, 0) is 62.2 Å². The lowest BCUT2D eigenvalue weighted by Crippen LogP contribution is -2.57. The Labute approximate surface area is 236 Å². The van der Waals surface area contributed by atoms with E-state index in [1.54, 1.807) is 48.8 Å². The molecule has 0 N–H and O–H groups in total. The summed E-state index contributed by atoms with van der Waals surface area (Å²) in [5.74, 6) is 1.43. The Hall–Kier alpha value is -2.93. The quantitative estimate of drug-likeness (QED) is 0.382. The lowest BCUT2D eigenvalue weighted by molar-refractivity contribution is -0.137. The molecule has 2 fully saturated rings. The van der Waals surface area contributed by atoms with Crippen molar-refractivity contribution in [2.24, 2.45) is 0 Å². The van der Waals surface area contributed by atoms with Crippen molar-refractivity contribution >= 4 is 27.4 Å². The average molecular weight is 596 g/mol. The smallest absolute Gasteiger partial charge is 0.417 e. The van der Waals surface area contributed by atoms with Crippen molar-refractivity contribution in [3.05, 3.63) is 71.6 Å². The van der Waals surface area contributed by atoms with Crippen LogP contribution in [0.1, 0.15) is 25.3 Å². The van der Waals surface area contributed by atoms with Crippen molar-refractivity contribution in [2.75, 3.05) is 37.6 Å². The SMILES string of the molecule is CC1CN(C2CCN(S(=O)(=O)c3ccc(Oc4cccnc4)cc3)CC2)CCN1c1ncc(C(F)(F)F)cc1Cl. The summed E-state index contributed by atoms with van der Waals surface area (Å²) in [6.45, 7) is 4.71. The van der Waals surface area contributed by atoms with Crippen molar-refractivity contribution in [3.63, 3.8) is 0 Å². The molecule has 2 aliphatic rings. The Balaban J connectivity index is 1.16. The summed E-state index contributed by atoms with van der Waals surface area (Å²) < 4.78 is 72.8. The molecule has 8 nitrogen and oxygen atoms in total. The van der Waals surface area contributed by atoms with Gasteiger partial charge in [0.25, 0.3) is 0 Å². The number of hydrogen-bond donors (Lipinski definition) is 0. The van der Waals surface area contributed by atoms with E-state index in [-0.39, 0.29) is 22.0 Å². The molecule has 40 heavy (non-hydrogen) atoms. The highest BCUT2D eigenvalue weighted by Crippen LogP contribution is 2.35. The van der Waals surface area contributed by atoms with Crippen LogP contribution in [0.4, 0.5) is 19.0 Å². The molecule has 0 aliphatic carbocycles. The second-order valence-corrected chi connectivity index (χ2v) is 12.3. The third-order valence-corrected chi connectivity index (χ3v) is 9.54. The normalized spacial score (nSPS) is 20.0. The number of benzene rings is 1. The molecule has 0 bridgehead atoms. The van der Waals surface area contributed by atoms with Crippen LogP contribution in [0.2, 0.25) is 5.02 Å². The molecular weight excluding hydrogens is 567 g/mol. The summed E-state index contributed by atoms with van der Waals surface area (Å²) in [5.41, 5.74) is -0.872. The number of pyridine rings is 2. The molecule has 0 amide bonds. The second kappa shape index (κ2) is 11.5. The van der Waals surface area contributed by atoms with Gasteiger partial charge in [-0.3, -0.25) is 9.88 Å².